The summed E-state index contributed by atoms with van der Waals surface area (Å²) < 4.78 is 12.5. The summed E-state index contributed by atoms with van der Waals surface area (Å²) >= 11 is 0. The van der Waals surface area contributed by atoms with Crippen molar-refractivity contribution >= 4 is 46.3 Å². The number of benzene rings is 2. The quantitative estimate of drug-likeness (QED) is 0.0401. The number of imidazole rings is 1. The Hall–Kier alpha value is -5.26. The van der Waals surface area contributed by atoms with E-state index < -0.39 is 6.09 Å². The van der Waals surface area contributed by atoms with E-state index >= 15 is 0 Å². The van der Waals surface area contributed by atoms with Crippen molar-refractivity contribution < 1.29 is 23.9 Å². The van der Waals surface area contributed by atoms with Gasteiger partial charge in [0.15, 0.2) is 0 Å². The molecule has 266 valence electrons. The Labute approximate surface area is 294 Å². The van der Waals surface area contributed by atoms with Crippen molar-refractivity contribution in [3.63, 3.8) is 0 Å². The molecule has 0 aliphatic heterocycles. The molecule has 2 aromatic carbocycles. The first-order valence-electron chi connectivity index (χ1n) is 17.5. The number of nitrogens with one attached hydrogen (secondary N) is 3. The van der Waals surface area contributed by atoms with Crippen LogP contribution in [0, 0.1) is 5.41 Å². The zero-order valence-corrected chi connectivity index (χ0v) is 29.4. The lowest BCUT2D eigenvalue weighted by Crippen LogP contribution is -2.34. The highest BCUT2D eigenvalue weighted by Crippen LogP contribution is 2.21. The van der Waals surface area contributed by atoms with Crippen LogP contribution < -0.4 is 15.5 Å². The summed E-state index contributed by atoms with van der Waals surface area (Å²) in [7, 11) is 1.92. The summed E-state index contributed by atoms with van der Waals surface area (Å²) in [6.45, 7) is 5.52. The van der Waals surface area contributed by atoms with Crippen molar-refractivity contribution in [1.82, 2.24) is 19.9 Å². The fourth-order valence-electron chi connectivity index (χ4n) is 5.36. The highest BCUT2D eigenvalue weighted by atomic mass is 16.5. The fraction of sp³-hybridized carbons (Fsp3) is 0.421. The van der Waals surface area contributed by atoms with Crippen molar-refractivity contribution in [3.8, 4) is 0 Å². The standard InChI is InChI=1S/C38H49N7O5/c1-4-6-8-12-24-49-35(46)21-23-45(33-14-10-11-22-40-33)37(47)29-17-20-32-31(26-29)42-34(44(32)3)27-41-30-18-15-28(16-19-30)36(39)43-38(48)50-25-13-9-7-5-2/h10-11,14-20,22,26,41H,4-9,12-13,21,23-25,27H2,1-3H3,(H2,39,43,48). The van der Waals surface area contributed by atoms with Crippen molar-refractivity contribution in [2.24, 2.45) is 7.05 Å². The van der Waals surface area contributed by atoms with E-state index in [2.05, 4.69) is 29.5 Å². The van der Waals surface area contributed by atoms with Gasteiger partial charge in [-0.1, -0.05) is 58.4 Å². The average molecular weight is 684 g/mol. The van der Waals surface area contributed by atoms with Crippen LogP contribution in [0.4, 0.5) is 16.3 Å². The number of hydrogen-bond acceptors (Lipinski definition) is 9. The zero-order chi connectivity index (χ0) is 35.7. The number of alkyl carbamates (subject to hydrolysis) is 1. The number of ether oxygens (including phenoxy) is 2. The molecule has 2 heterocycles. The molecule has 2 aromatic heterocycles. The van der Waals surface area contributed by atoms with Gasteiger partial charge in [-0.15, -0.1) is 0 Å². The molecule has 4 rings (SSSR count). The molecule has 0 fully saturated rings. The first-order valence-corrected chi connectivity index (χ1v) is 17.5. The van der Waals surface area contributed by atoms with Gasteiger partial charge in [0.05, 0.1) is 37.2 Å². The Bertz CT molecular complexity index is 1710. The third-order valence-electron chi connectivity index (χ3n) is 8.27. The van der Waals surface area contributed by atoms with Crippen LogP contribution in [0.15, 0.2) is 66.9 Å². The Morgan fingerprint density at radius 1 is 0.860 bits per heavy atom. The number of amides is 2. The molecule has 0 aliphatic carbocycles. The first kappa shape index (κ1) is 37.6. The molecule has 0 unspecified atom stereocenters. The van der Waals surface area contributed by atoms with Gasteiger partial charge in [0.1, 0.15) is 17.5 Å². The van der Waals surface area contributed by atoms with Crippen LogP contribution in [0.5, 0.6) is 0 Å². The summed E-state index contributed by atoms with van der Waals surface area (Å²) in [6.07, 6.45) is 9.15. The Morgan fingerprint density at radius 2 is 1.56 bits per heavy atom. The van der Waals surface area contributed by atoms with Crippen LogP contribution in [-0.4, -0.2) is 58.1 Å². The van der Waals surface area contributed by atoms with Crippen molar-refractivity contribution in [2.45, 2.75) is 78.2 Å². The maximum Gasteiger partial charge on any atom is 0.412 e. The Morgan fingerprint density at radius 3 is 2.24 bits per heavy atom. The molecule has 0 radical (unpaired) electrons. The number of carbonyl (C=O) groups is 3. The summed E-state index contributed by atoms with van der Waals surface area (Å²) in [5, 5.41) is 14.0. The minimum absolute atomic E-state index is 0.0323. The molecule has 0 aliphatic rings. The number of hydrogen-bond donors (Lipinski definition) is 3. The molecule has 0 spiro atoms. The molecule has 3 N–H and O–H groups in total. The molecular weight excluding hydrogens is 634 g/mol. The summed E-state index contributed by atoms with van der Waals surface area (Å²) in [5.74, 6) is 0.550. The summed E-state index contributed by atoms with van der Waals surface area (Å²) in [5.41, 5.74) is 3.32. The van der Waals surface area contributed by atoms with Crippen LogP contribution in [0.25, 0.3) is 11.0 Å². The highest BCUT2D eigenvalue weighted by Gasteiger charge is 2.22. The maximum absolute atomic E-state index is 13.8. The number of amidine groups is 1. The number of aryl methyl sites for hydroxylation is 1. The van der Waals surface area contributed by atoms with Gasteiger partial charge in [-0.2, -0.15) is 0 Å². The van der Waals surface area contributed by atoms with E-state index in [0.29, 0.717) is 42.2 Å². The van der Waals surface area contributed by atoms with E-state index in [9.17, 15) is 14.4 Å². The van der Waals surface area contributed by atoms with Crippen LogP contribution in [0.2, 0.25) is 0 Å². The molecule has 12 heteroatoms. The van der Waals surface area contributed by atoms with E-state index in [1.54, 1.807) is 48.7 Å². The van der Waals surface area contributed by atoms with E-state index in [4.69, 9.17) is 19.9 Å². The molecule has 0 atom stereocenters. The highest BCUT2D eigenvalue weighted by molar-refractivity contribution is 6.07. The van der Waals surface area contributed by atoms with Crippen LogP contribution in [0.1, 0.15) is 93.4 Å². The third kappa shape index (κ3) is 11.1. The lowest BCUT2D eigenvalue weighted by Gasteiger charge is -2.21. The van der Waals surface area contributed by atoms with Gasteiger partial charge in [-0.3, -0.25) is 25.2 Å². The van der Waals surface area contributed by atoms with Crippen LogP contribution in [0.3, 0.4) is 0 Å². The minimum Gasteiger partial charge on any atom is -0.466 e. The van der Waals surface area contributed by atoms with Crippen LogP contribution in [-0.2, 0) is 27.9 Å². The predicted octanol–water partition coefficient (Wildman–Crippen LogP) is 7.37. The average Bonchev–Trinajstić information content (AvgIpc) is 3.45. The lowest BCUT2D eigenvalue weighted by molar-refractivity contribution is -0.143. The normalized spacial score (nSPS) is 10.9. The second kappa shape index (κ2) is 19.7. The predicted molar refractivity (Wildman–Crippen MR) is 196 cm³/mol. The minimum atomic E-state index is -0.627. The SMILES string of the molecule is CCCCCCOC(=O)CCN(C(=O)c1ccc2c(c1)nc(CNc1ccc(C(=N)NC(=O)OCCCCCC)cc1)n2C)c1ccccn1. The zero-order valence-electron chi connectivity index (χ0n) is 29.4. The van der Waals surface area contributed by atoms with E-state index in [1.807, 2.05) is 29.8 Å². The van der Waals surface area contributed by atoms with Gasteiger partial charge in [0.2, 0.25) is 0 Å². The molecule has 0 bridgehead atoms. The number of pyridine rings is 1. The van der Waals surface area contributed by atoms with Gasteiger partial charge in [0.25, 0.3) is 5.91 Å². The van der Waals surface area contributed by atoms with E-state index in [1.165, 1.54) is 4.90 Å². The smallest absolute Gasteiger partial charge is 0.412 e. The number of carbonyl (C=O) groups excluding carboxylic acids is 3. The monoisotopic (exact) mass is 683 g/mol. The number of aromatic nitrogens is 3. The maximum atomic E-state index is 13.8. The molecule has 0 saturated heterocycles. The largest absolute Gasteiger partial charge is 0.466 e. The summed E-state index contributed by atoms with van der Waals surface area (Å²) in [6, 6.07) is 17.9. The Kier molecular flexibility index (Phi) is 14.8. The van der Waals surface area contributed by atoms with Gasteiger partial charge < -0.3 is 19.4 Å². The number of fused-ring (bicyclic) bond motifs is 1. The second-order valence-corrected chi connectivity index (χ2v) is 12.1. The molecule has 4 aromatic rings. The second-order valence-electron chi connectivity index (χ2n) is 12.1. The number of rotatable bonds is 19. The van der Waals surface area contributed by atoms with E-state index in [-0.39, 0.29) is 30.7 Å². The molecule has 2 amide bonds. The van der Waals surface area contributed by atoms with Crippen molar-refractivity contribution in [2.75, 3.05) is 30.0 Å². The number of unbranched alkanes of at least 4 members (excludes halogenated alkanes) is 6. The van der Waals surface area contributed by atoms with Crippen molar-refractivity contribution in [3.05, 3.63) is 83.8 Å². The van der Waals surface area contributed by atoms with Gasteiger partial charge in [0, 0.05) is 36.6 Å². The number of esters is 1. The van der Waals surface area contributed by atoms with Gasteiger partial charge >= 0.3 is 12.1 Å². The van der Waals surface area contributed by atoms with Gasteiger partial charge in [-0.05, 0) is 67.4 Å². The Balaban J connectivity index is 1.36. The number of nitrogens with zero attached hydrogens (tertiary/aromatic N) is 4. The molecular formula is C38H49N7O5. The first-order chi connectivity index (χ1) is 24.3. The van der Waals surface area contributed by atoms with E-state index in [0.717, 1.165) is 68.4 Å². The topological polar surface area (TPSA) is 152 Å². The number of anilines is 2. The van der Waals surface area contributed by atoms with Gasteiger partial charge in [-0.25, -0.2) is 14.8 Å². The lowest BCUT2D eigenvalue weighted by atomic mass is 10.1. The third-order valence-corrected chi connectivity index (χ3v) is 8.27. The molecule has 0 saturated carbocycles. The summed E-state index contributed by atoms with van der Waals surface area (Å²) in [4.78, 5) is 48.9. The fourth-order valence-corrected chi connectivity index (χ4v) is 5.36. The van der Waals surface area contributed by atoms with Crippen LogP contribution >= 0.6 is 0 Å². The molecule has 12 nitrogen and oxygen atoms in total. The molecule has 50 heavy (non-hydrogen) atoms. The van der Waals surface area contributed by atoms with Crippen molar-refractivity contribution in [1.29, 1.82) is 5.41 Å².